The number of carbonyl (C=O) groups excluding carboxylic acids is 2. The molecule has 3 aromatic rings. The number of rotatable bonds is 10. The summed E-state index contributed by atoms with van der Waals surface area (Å²) in [6, 6.07) is 25.2. The summed E-state index contributed by atoms with van der Waals surface area (Å²) in [6.07, 6.45) is 0.704. The summed E-state index contributed by atoms with van der Waals surface area (Å²) in [7, 11) is 0. The van der Waals surface area contributed by atoms with Crippen LogP contribution in [0.2, 0.25) is 0 Å². The van der Waals surface area contributed by atoms with Crippen LogP contribution in [0, 0.1) is 12.8 Å². The Morgan fingerprint density at radius 3 is 2.21 bits per heavy atom. The molecule has 3 rings (SSSR count). The lowest BCUT2D eigenvalue weighted by Gasteiger charge is -2.32. The molecule has 178 valence electrons. The van der Waals surface area contributed by atoms with Crippen molar-refractivity contribution in [3.63, 3.8) is 0 Å². The SMILES string of the molecule is Cc1ccc(CC(=O)N(Cc2cccc(Br)c2)[C@H](Cc2ccccc2)C(=O)NCC(C)C)cc1. The van der Waals surface area contributed by atoms with Gasteiger partial charge in [0.2, 0.25) is 11.8 Å². The zero-order valence-corrected chi connectivity index (χ0v) is 21.7. The van der Waals surface area contributed by atoms with E-state index in [-0.39, 0.29) is 18.2 Å². The van der Waals surface area contributed by atoms with Crippen LogP contribution in [0.4, 0.5) is 0 Å². The Morgan fingerprint density at radius 1 is 0.882 bits per heavy atom. The fraction of sp³-hybridized carbons (Fsp3) is 0.310. The van der Waals surface area contributed by atoms with Crippen molar-refractivity contribution in [1.29, 1.82) is 0 Å². The van der Waals surface area contributed by atoms with Gasteiger partial charge in [0.1, 0.15) is 6.04 Å². The lowest BCUT2D eigenvalue weighted by molar-refractivity contribution is -0.140. The van der Waals surface area contributed by atoms with Gasteiger partial charge in [-0.2, -0.15) is 0 Å². The number of carbonyl (C=O) groups is 2. The maximum absolute atomic E-state index is 13.7. The Balaban J connectivity index is 1.94. The van der Waals surface area contributed by atoms with E-state index < -0.39 is 6.04 Å². The second kappa shape index (κ2) is 12.5. The molecule has 0 heterocycles. The number of amides is 2. The quantitative estimate of drug-likeness (QED) is 0.372. The molecule has 0 aliphatic carbocycles. The molecule has 5 heteroatoms. The molecule has 4 nitrogen and oxygen atoms in total. The largest absolute Gasteiger partial charge is 0.354 e. The normalized spacial score (nSPS) is 11.8. The summed E-state index contributed by atoms with van der Waals surface area (Å²) in [5, 5.41) is 3.06. The fourth-order valence-electron chi connectivity index (χ4n) is 3.79. The van der Waals surface area contributed by atoms with Crippen molar-refractivity contribution in [3.8, 4) is 0 Å². The van der Waals surface area contributed by atoms with Crippen molar-refractivity contribution >= 4 is 27.7 Å². The minimum atomic E-state index is -0.613. The van der Waals surface area contributed by atoms with E-state index in [4.69, 9.17) is 0 Å². The Labute approximate surface area is 211 Å². The van der Waals surface area contributed by atoms with Gasteiger partial charge in [-0.1, -0.05) is 102 Å². The summed E-state index contributed by atoms with van der Waals surface area (Å²) in [5.74, 6) is 0.136. The first-order valence-electron chi connectivity index (χ1n) is 11.7. The number of hydrogen-bond acceptors (Lipinski definition) is 2. The minimum absolute atomic E-state index is 0.0653. The van der Waals surface area contributed by atoms with Crippen molar-refractivity contribution in [3.05, 3.63) is 106 Å². The van der Waals surface area contributed by atoms with Gasteiger partial charge in [0.15, 0.2) is 0 Å². The molecule has 0 fully saturated rings. The number of nitrogens with zero attached hydrogens (tertiary/aromatic N) is 1. The maximum Gasteiger partial charge on any atom is 0.243 e. The van der Waals surface area contributed by atoms with Gasteiger partial charge in [0.05, 0.1) is 6.42 Å². The molecule has 0 saturated heterocycles. The van der Waals surface area contributed by atoms with Gasteiger partial charge >= 0.3 is 0 Å². The Morgan fingerprint density at radius 2 is 1.56 bits per heavy atom. The predicted molar refractivity (Wildman–Crippen MR) is 141 cm³/mol. The van der Waals surface area contributed by atoms with Crippen molar-refractivity contribution < 1.29 is 9.59 Å². The smallest absolute Gasteiger partial charge is 0.243 e. The summed E-state index contributed by atoms with van der Waals surface area (Å²) in [4.78, 5) is 28.9. The zero-order valence-electron chi connectivity index (χ0n) is 20.1. The Hall–Kier alpha value is -2.92. The molecular formula is C29H33BrN2O2. The highest BCUT2D eigenvalue weighted by atomic mass is 79.9. The maximum atomic E-state index is 13.7. The third-order valence-electron chi connectivity index (χ3n) is 5.67. The zero-order chi connectivity index (χ0) is 24.5. The average Bonchev–Trinajstić information content (AvgIpc) is 2.82. The van der Waals surface area contributed by atoms with E-state index in [1.165, 1.54) is 0 Å². The van der Waals surface area contributed by atoms with Crippen molar-refractivity contribution in [1.82, 2.24) is 10.2 Å². The summed E-state index contributed by atoms with van der Waals surface area (Å²) in [6.45, 7) is 7.08. The first-order valence-corrected chi connectivity index (χ1v) is 12.5. The topological polar surface area (TPSA) is 49.4 Å². The highest BCUT2D eigenvalue weighted by molar-refractivity contribution is 9.10. The molecule has 1 N–H and O–H groups in total. The summed E-state index contributed by atoms with van der Waals surface area (Å²) >= 11 is 3.53. The third kappa shape index (κ3) is 7.84. The average molecular weight is 521 g/mol. The molecule has 0 aliphatic heterocycles. The van der Waals surface area contributed by atoms with Crippen LogP contribution in [0.25, 0.3) is 0 Å². The van der Waals surface area contributed by atoms with Crippen LogP contribution in [-0.2, 0) is 29.0 Å². The Kier molecular flexibility index (Phi) is 9.46. The molecule has 2 amide bonds. The molecule has 0 radical (unpaired) electrons. The first-order chi connectivity index (χ1) is 16.3. The standard InChI is InChI=1S/C29H33BrN2O2/c1-21(2)19-31-29(34)27(17-23-8-5-4-6-9-23)32(20-25-10-7-11-26(30)16-25)28(33)18-24-14-12-22(3)13-15-24/h4-16,21,27H,17-20H2,1-3H3,(H,31,34)/t27-/m1/s1. The monoisotopic (exact) mass is 520 g/mol. The Bertz CT molecular complexity index is 1080. The number of aryl methyl sites for hydroxylation is 1. The summed E-state index contributed by atoms with van der Waals surface area (Å²) < 4.78 is 0.944. The van der Waals surface area contributed by atoms with Gasteiger partial charge in [-0.3, -0.25) is 9.59 Å². The van der Waals surface area contributed by atoms with E-state index in [1.807, 2.05) is 85.8 Å². The van der Waals surface area contributed by atoms with E-state index in [1.54, 1.807) is 4.90 Å². The predicted octanol–water partition coefficient (Wildman–Crippen LogP) is 5.71. The molecule has 0 bridgehead atoms. The number of benzene rings is 3. The van der Waals surface area contributed by atoms with Crippen LogP contribution in [0.15, 0.2) is 83.3 Å². The van der Waals surface area contributed by atoms with Crippen LogP contribution < -0.4 is 5.32 Å². The fourth-order valence-corrected chi connectivity index (χ4v) is 4.24. The van der Waals surface area contributed by atoms with Gasteiger partial charge in [0.25, 0.3) is 0 Å². The first kappa shape index (κ1) is 25.7. The van der Waals surface area contributed by atoms with E-state index in [0.29, 0.717) is 25.4 Å². The second-order valence-corrected chi connectivity index (χ2v) is 10.1. The highest BCUT2D eigenvalue weighted by Crippen LogP contribution is 2.19. The molecular weight excluding hydrogens is 488 g/mol. The minimum Gasteiger partial charge on any atom is -0.354 e. The molecule has 34 heavy (non-hydrogen) atoms. The van der Waals surface area contributed by atoms with E-state index in [0.717, 1.165) is 26.7 Å². The lowest BCUT2D eigenvalue weighted by Crippen LogP contribution is -2.51. The second-order valence-electron chi connectivity index (χ2n) is 9.16. The summed E-state index contributed by atoms with van der Waals surface area (Å²) in [5.41, 5.74) is 4.09. The number of nitrogens with one attached hydrogen (secondary N) is 1. The van der Waals surface area contributed by atoms with Crippen LogP contribution in [0.5, 0.6) is 0 Å². The number of halogens is 1. The lowest BCUT2D eigenvalue weighted by atomic mass is 10.0. The van der Waals surface area contributed by atoms with Gasteiger partial charge in [0, 0.05) is 24.0 Å². The van der Waals surface area contributed by atoms with Crippen molar-refractivity contribution in [2.45, 2.75) is 46.2 Å². The van der Waals surface area contributed by atoms with Crippen LogP contribution in [-0.4, -0.2) is 29.3 Å². The molecule has 0 aliphatic rings. The van der Waals surface area contributed by atoms with Crippen molar-refractivity contribution in [2.75, 3.05) is 6.54 Å². The van der Waals surface area contributed by atoms with E-state index >= 15 is 0 Å². The van der Waals surface area contributed by atoms with Crippen molar-refractivity contribution in [2.24, 2.45) is 5.92 Å². The van der Waals surface area contributed by atoms with Crippen LogP contribution in [0.3, 0.4) is 0 Å². The highest BCUT2D eigenvalue weighted by Gasteiger charge is 2.30. The van der Waals surface area contributed by atoms with Gasteiger partial charge in [-0.05, 0) is 41.7 Å². The number of hydrogen-bond donors (Lipinski definition) is 1. The van der Waals surface area contributed by atoms with Gasteiger partial charge in [-0.25, -0.2) is 0 Å². The van der Waals surface area contributed by atoms with E-state index in [9.17, 15) is 9.59 Å². The van der Waals surface area contributed by atoms with Gasteiger partial charge in [-0.15, -0.1) is 0 Å². The molecule has 0 aromatic heterocycles. The van der Waals surface area contributed by atoms with Crippen LogP contribution >= 0.6 is 15.9 Å². The van der Waals surface area contributed by atoms with Gasteiger partial charge < -0.3 is 10.2 Å². The van der Waals surface area contributed by atoms with Crippen LogP contribution in [0.1, 0.15) is 36.1 Å². The molecule has 3 aromatic carbocycles. The molecule has 0 unspecified atom stereocenters. The van der Waals surface area contributed by atoms with E-state index in [2.05, 4.69) is 35.1 Å². The molecule has 0 spiro atoms. The molecule has 1 atom stereocenters. The third-order valence-corrected chi connectivity index (χ3v) is 6.17. The molecule has 0 saturated carbocycles.